The molecule has 0 unspecified atom stereocenters. The summed E-state index contributed by atoms with van der Waals surface area (Å²) in [4.78, 5) is 15.2. The Morgan fingerprint density at radius 3 is 2.68 bits per heavy atom. The second-order valence-electron chi connectivity index (χ2n) is 8.22. The lowest BCUT2D eigenvalue weighted by Crippen LogP contribution is -2.32. The van der Waals surface area contributed by atoms with Crippen molar-refractivity contribution in [2.45, 2.75) is 37.5 Å². The molecule has 8 nitrogen and oxygen atoms in total. The van der Waals surface area contributed by atoms with E-state index in [9.17, 15) is 4.79 Å². The molecule has 5 rings (SSSR count). The number of ether oxygens (including phenoxy) is 3. The molecule has 0 saturated carbocycles. The van der Waals surface area contributed by atoms with Crippen LogP contribution in [0.15, 0.2) is 47.6 Å². The lowest BCUT2D eigenvalue weighted by Gasteiger charge is -2.26. The lowest BCUT2D eigenvalue weighted by molar-refractivity contribution is -0.129. The minimum atomic E-state index is 0.0582. The molecule has 2 aliphatic heterocycles. The van der Waals surface area contributed by atoms with Gasteiger partial charge in [-0.05, 0) is 61.7 Å². The Morgan fingerprint density at radius 2 is 1.91 bits per heavy atom. The van der Waals surface area contributed by atoms with Crippen molar-refractivity contribution in [3.05, 3.63) is 48.0 Å². The maximum Gasteiger partial charge on any atom is 0.233 e. The monoisotopic (exact) mass is 480 g/mol. The van der Waals surface area contributed by atoms with Gasteiger partial charge >= 0.3 is 0 Å². The van der Waals surface area contributed by atoms with Crippen LogP contribution in [0.5, 0.6) is 17.2 Å². The molecule has 0 bridgehead atoms. The predicted octanol–water partition coefficient (Wildman–Crippen LogP) is 4.20. The molecule has 1 fully saturated rings. The van der Waals surface area contributed by atoms with Crippen LogP contribution < -0.4 is 14.2 Å². The first kappa shape index (κ1) is 22.6. The molecule has 2 aliphatic rings. The summed E-state index contributed by atoms with van der Waals surface area (Å²) in [6, 6.07) is 13.8. The van der Waals surface area contributed by atoms with Gasteiger partial charge in [0.05, 0.1) is 18.9 Å². The van der Waals surface area contributed by atoms with Gasteiger partial charge in [0.2, 0.25) is 5.91 Å². The van der Waals surface area contributed by atoms with E-state index in [0.29, 0.717) is 25.5 Å². The number of methoxy groups -OCH3 is 1. The first-order valence-electron chi connectivity index (χ1n) is 11.6. The topological polar surface area (TPSA) is 78.7 Å². The van der Waals surface area contributed by atoms with Crippen molar-refractivity contribution in [3.63, 3.8) is 0 Å². The van der Waals surface area contributed by atoms with Gasteiger partial charge in [0.25, 0.3) is 0 Å². The number of hydrogen-bond donors (Lipinski definition) is 0. The van der Waals surface area contributed by atoms with Crippen LogP contribution >= 0.6 is 11.8 Å². The third kappa shape index (κ3) is 4.44. The molecule has 1 aromatic heterocycles. The van der Waals surface area contributed by atoms with E-state index in [2.05, 4.69) is 17.1 Å². The molecule has 0 N–H and O–H groups in total. The fraction of sp³-hybridized carbons (Fsp3) is 0.400. The molecule has 1 amide bonds. The molecule has 3 heterocycles. The number of benzene rings is 2. The molecule has 0 aliphatic carbocycles. The number of likely N-dealkylation sites (tertiary alicyclic amines) is 1. The van der Waals surface area contributed by atoms with Crippen LogP contribution in [-0.2, 0) is 11.3 Å². The van der Waals surface area contributed by atoms with E-state index in [1.54, 1.807) is 7.11 Å². The highest BCUT2D eigenvalue weighted by Crippen LogP contribution is 2.38. The molecule has 178 valence electrons. The number of amides is 1. The quantitative estimate of drug-likeness (QED) is 0.469. The number of carbonyl (C=O) groups is 1. The Labute approximate surface area is 203 Å². The second-order valence-corrected chi connectivity index (χ2v) is 9.16. The average Bonchev–Trinajstić information content (AvgIpc) is 3.54. The van der Waals surface area contributed by atoms with Gasteiger partial charge in [0.15, 0.2) is 22.5 Å². The molecule has 34 heavy (non-hydrogen) atoms. The maximum atomic E-state index is 13.2. The molecule has 0 radical (unpaired) electrons. The van der Waals surface area contributed by atoms with E-state index >= 15 is 0 Å². The molecular weight excluding hydrogens is 452 g/mol. The van der Waals surface area contributed by atoms with Gasteiger partial charge in [0.1, 0.15) is 19.0 Å². The van der Waals surface area contributed by atoms with Gasteiger partial charge in [-0.2, -0.15) is 0 Å². The van der Waals surface area contributed by atoms with Gasteiger partial charge in [-0.3, -0.25) is 4.79 Å². The maximum absolute atomic E-state index is 13.2. The van der Waals surface area contributed by atoms with Gasteiger partial charge in [-0.25, -0.2) is 0 Å². The third-order valence-corrected chi connectivity index (χ3v) is 7.18. The highest BCUT2D eigenvalue weighted by atomic mass is 32.2. The highest BCUT2D eigenvalue weighted by Gasteiger charge is 2.31. The number of aromatic nitrogens is 3. The first-order chi connectivity index (χ1) is 16.7. The average molecular weight is 481 g/mol. The zero-order valence-corrected chi connectivity index (χ0v) is 20.2. The molecule has 2 aromatic carbocycles. The normalized spacial score (nSPS) is 17.1. The zero-order chi connectivity index (χ0) is 23.5. The van der Waals surface area contributed by atoms with Crippen LogP contribution in [0.25, 0.3) is 11.4 Å². The van der Waals surface area contributed by atoms with Crippen molar-refractivity contribution < 1.29 is 19.0 Å². The van der Waals surface area contributed by atoms with Crippen molar-refractivity contribution in [3.8, 4) is 28.6 Å². The molecule has 1 atom stereocenters. The largest absolute Gasteiger partial charge is 0.497 e. The highest BCUT2D eigenvalue weighted by molar-refractivity contribution is 7.99. The number of nitrogens with zero attached hydrogens (tertiary/aromatic N) is 4. The summed E-state index contributed by atoms with van der Waals surface area (Å²) >= 11 is 1.44. The summed E-state index contributed by atoms with van der Waals surface area (Å²) in [5.74, 6) is 3.55. The smallest absolute Gasteiger partial charge is 0.233 e. The number of hydrogen-bond acceptors (Lipinski definition) is 7. The van der Waals surface area contributed by atoms with Crippen LogP contribution in [0.1, 0.15) is 31.4 Å². The Balaban J connectivity index is 1.28. The fourth-order valence-electron chi connectivity index (χ4n) is 4.52. The standard InChI is InChI=1S/C25H28N4O4S/c1-3-28-24(17-6-9-19(31-2)10-7-17)26-27-25(28)34-16-23(30)29-12-4-5-20(29)18-8-11-21-22(15-18)33-14-13-32-21/h6-11,15,20H,3-5,12-14,16H2,1-2H3/t20-/m1/s1. The van der Waals surface area contributed by atoms with Crippen LogP contribution in [-0.4, -0.2) is 58.2 Å². The van der Waals surface area contributed by atoms with E-state index < -0.39 is 0 Å². The summed E-state index contributed by atoms with van der Waals surface area (Å²) in [7, 11) is 1.65. The van der Waals surface area contributed by atoms with E-state index in [1.165, 1.54) is 11.8 Å². The van der Waals surface area contributed by atoms with E-state index in [1.807, 2.05) is 51.9 Å². The van der Waals surface area contributed by atoms with E-state index in [4.69, 9.17) is 14.2 Å². The van der Waals surface area contributed by atoms with Crippen LogP contribution in [0, 0.1) is 0 Å². The van der Waals surface area contributed by atoms with Crippen LogP contribution in [0.4, 0.5) is 0 Å². The number of rotatable bonds is 7. The Hall–Kier alpha value is -3.20. The predicted molar refractivity (Wildman–Crippen MR) is 130 cm³/mol. The second kappa shape index (κ2) is 9.97. The first-order valence-corrected chi connectivity index (χ1v) is 12.6. The SMILES string of the molecule is CCn1c(SCC(=O)N2CCC[C@@H]2c2ccc3c(c2)OCCO3)nnc1-c1ccc(OC)cc1. The summed E-state index contributed by atoms with van der Waals surface area (Å²) in [5.41, 5.74) is 2.06. The van der Waals surface area contributed by atoms with Crippen molar-refractivity contribution in [2.75, 3.05) is 32.6 Å². The molecule has 3 aromatic rings. The van der Waals surface area contributed by atoms with Crippen molar-refractivity contribution >= 4 is 17.7 Å². The number of fused-ring (bicyclic) bond motifs is 1. The molecule has 9 heteroatoms. The van der Waals surface area contributed by atoms with E-state index in [-0.39, 0.29) is 11.9 Å². The molecule has 0 spiro atoms. The Kier molecular flexibility index (Phi) is 6.62. The van der Waals surface area contributed by atoms with Crippen LogP contribution in [0.3, 0.4) is 0 Å². The molecular formula is C25H28N4O4S. The minimum Gasteiger partial charge on any atom is -0.497 e. The van der Waals surface area contributed by atoms with Gasteiger partial charge in [0, 0.05) is 18.7 Å². The van der Waals surface area contributed by atoms with E-state index in [0.717, 1.165) is 58.7 Å². The summed E-state index contributed by atoms with van der Waals surface area (Å²) in [6.07, 6.45) is 1.94. The summed E-state index contributed by atoms with van der Waals surface area (Å²) in [6.45, 7) is 4.66. The summed E-state index contributed by atoms with van der Waals surface area (Å²) < 4.78 is 18.7. The lowest BCUT2D eigenvalue weighted by atomic mass is 10.0. The van der Waals surface area contributed by atoms with Crippen molar-refractivity contribution in [2.24, 2.45) is 0 Å². The van der Waals surface area contributed by atoms with Gasteiger partial charge < -0.3 is 23.7 Å². The van der Waals surface area contributed by atoms with Gasteiger partial charge in [-0.15, -0.1) is 10.2 Å². The minimum absolute atomic E-state index is 0.0582. The fourth-order valence-corrected chi connectivity index (χ4v) is 5.41. The third-order valence-electron chi connectivity index (χ3n) is 6.23. The number of carbonyl (C=O) groups excluding carboxylic acids is 1. The van der Waals surface area contributed by atoms with Crippen molar-refractivity contribution in [1.29, 1.82) is 0 Å². The summed E-state index contributed by atoms with van der Waals surface area (Å²) in [5, 5.41) is 9.51. The van der Waals surface area contributed by atoms with Crippen molar-refractivity contribution in [1.82, 2.24) is 19.7 Å². The number of thioether (sulfide) groups is 1. The van der Waals surface area contributed by atoms with Gasteiger partial charge in [-0.1, -0.05) is 17.8 Å². The molecule has 1 saturated heterocycles. The Morgan fingerprint density at radius 1 is 1.12 bits per heavy atom. The Bertz CT molecular complexity index is 1160. The van der Waals surface area contributed by atoms with Crippen LogP contribution in [0.2, 0.25) is 0 Å². The zero-order valence-electron chi connectivity index (χ0n) is 19.4.